The van der Waals surface area contributed by atoms with E-state index in [0.717, 1.165) is 58.4 Å². The Labute approximate surface area is 359 Å². The van der Waals surface area contributed by atoms with Crippen molar-refractivity contribution in [3.05, 3.63) is 70.2 Å². The van der Waals surface area contributed by atoms with Crippen LogP contribution in [0.4, 0.5) is 29.1 Å². The topological polar surface area (TPSA) is 160 Å². The highest BCUT2D eigenvalue weighted by Gasteiger charge is 2.35. The van der Waals surface area contributed by atoms with Crippen LogP contribution in [0.5, 0.6) is 0 Å². The third-order valence-corrected chi connectivity index (χ3v) is 13.0. The summed E-state index contributed by atoms with van der Waals surface area (Å²) in [4.78, 5) is 62.1. The van der Waals surface area contributed by atoms with Gasteiger partial charge in [0.1, 0.15) is 17.4 Å². The molecule has 3 aliphatic heterocycles. The molecule has 3 saturated heterocycles. The van der Waals surface area contributed by atoms with Crippen molar-refractivity contribution in [2.24, 2.45) is 13.0 Å². The number of carbonyl (C=O) groups is 3. The molecule has 1 saturated carbocycles. The van der Waals surface area contributed by atoms with Gasteiger partial charge in [-0.25, -0.2) is 31.9 Å². The minimum atomic E-state index is -2.92. The predicted octanol–water partition coefficient (Wildman–Crippen LogP) is 4.38. The summed E-state index contributed by atoms with van der Waals surface area (Å²) >= 11 is 0. The molecule has 1 aliphatic carbocycles. The van der Waals surface area contributed by atoms with Crippen molar-refractivity contribution >= 4 is 45.9 Å². The number of rotatable bonds is 9. The summed E-state index contributed by atoms with van der Waals surface area (Å²) in [6.45, 7) is 5.20. The Bertz CT molecular complexity index is 2670. The van der Waals surface area contributed by atoms with Crippen LogP contribution >= 0.6 is 0 Å². The van der Waals surface area contributed by atoms with Crippen molar-refractivity contribution in [1.29, 1.82) is 0 Å². The smallest absolute Gasteiger partial charge is 0.329 e. The van der Waals surface area contributed by atoms with Crippen LogP contribution in [0.1, 0.15) is 91.5 Å². The van der Waals surface area contributed by atoms with E-state index in [1.54, 1.807) is 35.0 Å². The van der Waals surface area contributed by atoms with Crippen LogP contribution < -0.4 is 21.2 Å². The van der Waals surface area contributed by atoms with Gasteiger partial charge in [-0.2, -0.15) is 10.2 Å². The number of para-hydroxylation sites is 1. The molecule has 0 radical (unpaired) electrons. The molecule has 0 bridgehead atoms. The average Bonchev–Trinajstić information content (AvgIpc) is 3.96. The van der Waals surface area contributed by atoms with E-state index < -0.39 is 35.9 Å². The molecule has 4 fully saturated rings. The molecular formula is C43H48F4N12O4. The minimum Gasteiger partial charge on any atom is -0.356 e. The van der Waals surface area contributed by atoms with Gasteiger partial charge in [-0.1, -0.05) is 17.9 Å². The van der Waals surface area contributed by atoms with Crippen LogP contribution in [0, 0.1) is 17.8 Å². The van der Waals surface area contributed by atoms with Gasteiger partial charge in [0, 0.05) is 84.5 Å². The fourth-order valence-electron chi connectivity index (χ4n) is 9.40. The lowest BCUT2D eigenvalue weighted by molar-refractivity contribution is -0.135. The Hall–Kier alpha value is -6.07. The number of hydrogen-bond acceptors (Lipinski definition) is 10. The maximum atomic E-state index is 14.3. The fraction of sp³-hybridized carbons (Fsp3) is 0.512. The molecule has 1 unspecified atom stereocenters. The monoisotopic (exact) mass is 872 g/mol. The second kappa shape index (κ2) is 17.2. The lowest BCUT2D eigenvalue weighted by Crippen LogP contribution is -2.48. The number of carbonyl (C=O) groups excluding carboxylic acids is 3. The van der Waals surface area contributed by atoms with Crippen LogP contribution in [0.25, 0.3) is 16.7 Å². The zero-order valence-corrected chi connectivity index (χ0v) is 34.8. The third-order valence-electron chi connectivity index (χ3n) is 13.0. The molecule has 1 aromatic carbocycles. The maximum Gasteiger partial charge on any atom is 0.329 e. The van der Waals surface area contributed by atoms with E-state index in [2.05, 4.69) is 47.5 Å². The summed E-state index contributed by atoms with van der Waals surface area (Å²) in [7, 11) is 1.66. The molecule has 1 atom stereocenters. The van der Waals surface area contributed by atoms with Gasteiger partial charge in [-0.05, 0) is 56.2 Å². The zero-order chi connectivity index (χ0) is 44.0. The molecular weight excluding hydrogens is 825 g/mol. The number of halogens is 4. The molecule has 16 nitrogen and oxygen atoms in total. The molecule has 7 heterocycles. The number of aromatic nitrogens is 7. The molecule has 20 heteroatoms. The standard InChI is InChI=1S/C43H48F4N12O4/c1-53-37-28(4-2-6-32(37)59(42(53)63)33-11-12-35(60)51-41(33)62)5-3-16-54-20-22-55(23-21-54)25-27-7-9-29(10-8-27)58-26-31(36(52-58)38(44)45)49-40(61)30-24-48-57-17-13-34(50-39(30)57)56-18-14-43(46,47)15-19-56/h2,4,6,13,17,24,26-27,29,33,38H,7-12,14-16,18-23,25H2,1H3,(H,49,61)(H,51,60,62). The van der Waals surface area contributed by atoms with Crippen LogP contribution in [0.3, 0.4) is 0 Å². The van der Waals surface area contributed by atoms with Gasteiger partial charge in [0.05, 0.1) is 41.1 Å². The highest BCUT2D eigenvalue weighted by molar-refractivity contribution is 6.08. The number of aryl methyl sites for hydroxylation is 1. The zero-order valence-electron chi connectivity index (χ0n) is 34.8. The summed E-state index contributed by atoms with van der Waals surface area (Å²) in [5, 5.41) is 13.4. The number of imidazole rings is 1. The molecule has 0 spiro atoms. The SMILES string of the molecule is Cn1c(=O)n(C2CCC(=O)NC2=O)c2cccc(C#CCN3CCN(CC4CCC(n5cc(NC(=O)c6cnn7ccc(N8CCC(F)(F)CC8)nc67)c(C(F)F)n5)CC4)CC3)c21. The quantitative estimate of drug-likeness (QED) is 0.124. The summed E-state index contributed by atoms with van der Waals surface area (Å²) in [6.07, 6.45) is 4.62. The summed E-state index contributed by atoms with van der Waals surface area (Å²) < 4.78 is 61.9. The molecule has 63 heavy (non-hydrogen) atoms. The van der Waals surface area contributed by atoms with Crippen molar-refractivity contribution < 1.29 is 31.9 Å². The Balaban J connectivity index is 0.767. The lowest BCUT2D eigenvalue weighted by atomic mass is 9.85. The Morgan fingerprint density at radius 3 is 2.46 bits per heavy atom. The van der Waals surface area contributed by atoms with Gasteiger partial charge in [-0.3, -0.25) is 38.4 Å². The molecule has 9 rings (SSSR count). The third kappa shape index (κ3) is 8.68. The number of nitrogens with one attached hydrogen (secondary N) is 2. The number of fused-ring (bicyclic) bond motifs is 2. The van der Waals surface area contributed by atoms with E-state index in [4.69, 9.17) is 0 Å². The first kappa shape index (κ1) is 42.2. The fourth-order valence-corrected chi connectivity index (χ4v) is 9.40. The number of alkyl halides is 4. The van der Waals surface area contributed by atoms with E-state index in [-0.39, 0.29) is 73.3 Å². The molecule has 2 N–H and O–H groups in total. The van der Waals surface area contributed by atoms with Crippen molar-refractivity contribution in [2.75, 3.05) is 62.6 Å². The van der Waals surface area contributed by atoms with Crippen LogP contribution in [0.2, 0.25) is 0 Å². The highest BCUT2D eigenvalue weighted by atomic mass is 19.3. The van der Waals surface area contributed by atoms with Crippen LogP contribution in [-0.2, 0) is 16.6 Å². The van der Waals surface area contributed by atoms with Gasteiger partial charge >= 0.3 is 5.69 Å². The highest BCUT2D eigenvalue weighted by Crippen LogP contribution is 2.36. The molecule has 4 aromatic heterocycles. The van der Waals surface area contributed by atoms with E-state index in [1.165, 1.54) is 26.0 Å². The van der Waals surface area contributed by atoms with E-state index in [1.807, 2.05) is 12.1 Å². The van der Waals surface area contributed by atoms with E-state index >= 15 is 0 Å². The molecule has 332 valence electrons. The van der Waals surface area contributed by atoms with Crippen LogP contribution in [-0.4, -0.2) is 119 Å². The number of nitrogens with zero attached hydrogens (tertiary/aromatic N) is 10. The summed E-state index contributed by atoms with van der Waals surface area (Å²) in [5.74, 6) is 3.19. The maximum absolute atomic E-state index is 14.3. The molecule has 3 amide bonds. The number of imide groups is 1. The predicted molar refractivity (Wildman–Crippen MR) is 224 cm³/mol. The van der Waals surface area contributed by atoms with Gasteiger partial charge in [0.25, 0.3) is 18.3 Å². The Morgan fingerprint density at radius 2 is 1.73 bits per heavy atom. The first-order valence-electron chi connectivity index (χ1n) is 21.4. The van der Waals surface area contributed by atoms with Crippen molar-refractivity contribution in [3.63, 3.8) is 0 Å². The van der Waals surface area contributed by atoms with Gasteiger partial charge in [-0.15, -0.1) is 0 Å². The Morgan fingerprint density at radius 1 is 0.984 bits per heavy atom. The molecule has 5 aromatic rings. The number of amides is 3. The number of hydrogen-bond donors (Lipinski definition) is 2. The number of benzene rings is 1. The number of piperazine rings is 1. The van der Waals surface area contributed by atoms with E-state index in [9.17, 15) is 36.7 Å². The van der Waals surface area contributed by atoms with Crippen molar-refractivity contribution in [3.8, 4) is 11.8 Å². The summed E-state index contributed by atoms with van der Waals surface area (Å²) in [5.41, 5.74) is 1.26. The average molecular weight is 873 g/mol. The summed E-state index contributed by atoms with van der Waals surface area (Å²) in [6, 6.07) is 6.27. The van der Waals surface area contributed by atoms with Crippen molar-refractivity contribution in [1.82, 2.24) is 48.6 Å². The van der Waals surface area contributed by atoms with E-state index in [0.29, 0.717) is 34.9 Å². The second-order valence-corrected chi connectivity index (χ2v) is 17.0. The second-order valence-electron chi connectivity index (χ2n) is 17.0. The number of anilines is 2. The first-order valence-corrected chi connectivity index (χ1v) is 21.4. The van der Waals surface area contributed by atoms with Crippen LogP contribution in [0.15, 0.2) is 47.7 Å². The molecule has 4 aliphatic rings. The normalized spacial score (nSPS) is 22.4. The largest absolute Gasteiger partial charge is 0.356 e. The first-order chi connectivity index (χ1) is 30.3. The van der Waals surface area contributed by atoms with Gasteiger partial charge < -0.3 is 15.1 Å². The van der Waals surface area contributed by atoms with Crippen molar-refractivity contribution in [2.45, 2.75) is 75.8 Å². The number of piperidine rings is 2. The Kier molecular flexibility index (Phi) is 11.6. The minimum absolute atomic E-state index is 0.0601. The van der Waals surface area contributed by atoms with Gasteiger partial charge in [0.2, 0.25) is 11.8 Å². The van der Waals surface area contributed by atoms with Gasteiger partial charge in [0.15, 0.2) is 11.3 Å². The lowest BCUT2D eigenvalue weighted by Gasteiger charge is -2.37.